The molecule has 0 unspecified atom stereocenters. The maximum absolute atomic E-state index is 13.9. The average Bonchev–Trinajstić information content (AvgIpc) is 3.43. The molecule has 0 saturated carbocycles. The minimum Gasteiger partial charge on any atom is -0.448 e. The minimum absolute atomic E-state index is 0.0311. The first-order valence-electron chi connectivity index (χ1n) is 17.1. The Morgan fingerprint density at radius 1 is 0.796 bits per heavy atom. The molecule has 2 heterocycles. The fourth-order valence-electron chi connectivity index (χ4n) is 6.65. The second kappa shape index (κ2) is 15.3. The molecule has 0 N–H and O–H groups in total. The summed E-state index contributed by atoms with van der Waals surface area (Å²) < 4.78 is 36.0. The Labute approximate surface area is 288 Å². The third-order valence-electron chi connectivity index (χ3n) is 9.36. The lowest BCUT2D eigenvalue weighted by molar-refractivity contribution is 0.0567. The summed E-state index contributed by atoms with van der Waals surface area (Å²) in [6, 6.07) is 34.0. The van der Waals surface area contributed by atoms with Crippen molar-refractivity contribution in [2.24, 2.45) is 0 Å². The third kappa shape index (κ3) is 7.66. The van der Waals surface area contributed by atoms with Crippen LogP contribution in [0.3, 0.4) is 0 Å². The van der Waals surface area contributed by atoms with E-state index in [1.165, 1.54) is 11.1 Å². The number of carbonyl (C=O) groups excluding carboxylic acids is 1. The van der Waals surface area contributed by atoms with Gasteiger partial charge in [-0.2, -0.15) is 3.97 Å². The van der Waals surface area contributed by atoms with Crippen molar-refractivity contribution >= 4 is 27.1 Å². The topological polar surface area (TPSA) is 93.8 Å². The van der Waals surface area contributed by atoms with Crippen molar-refractivity contribution in [3.8, 4) is 0 Å². The van der Waals surface area contributed by atoms with Crippen molar-refractivity contribution in [1.29, 1.82) is 0 Å². The van der Waals surface area contributed by atoms with Gasteiger partial charge in [-0.15, -0.1) is 0 Å². The van der Waals surface area contributed by atoms with Crippen molar-refractivity contribution in [2.75, 3.05) is 19.7 Å². The number of para-hydroxylation sites is 2. The number of carbonyl (C=O) groups is 1. The lowest BCUT2D eigenvalue weighted by Gasteiger charge is -2.33. The molecule has 1 aliphatic heterocycles. The van der Waals surface area contributed by atoms with Crippen molar-refractivity contribution in [3.05, 3.63) is 136 Å². The molecule has 4 aromatic carbocycles. The number of aryl methyl sites for hydroxylation is 1. The monoisotopic (exact) mass is 680 g/mol. The number of fused-ring (bicyclic) bond motifs is 1. The smallest absolute Gasteiger partial charge is 0.409 e. The van der Waals surface area contributed by atoms with Gasteiger partial charge in [0, 0.05) is 38.3 Å². The number of amides is 1. The summed E-state index contributed by atoms with van der Waals surface area (Å²) in [5.74, 6) is 0. The summed E-state index contributed by atoms with van der Waals surface area (Å²) >= 11 is 0. The standard InChI is InChI=1S/C39H44N4O5S/c1-3-12-31-19-21-35(22-20-31)49(46,47)43-37-18-11-10-17-36(37)42(38(43)44)34-23-25-40(26-24-34)39(45)48-29-30(2)41(27-32-13-6-4-7-14-32)28-33-15-8-5-9-16-33/h4-11,13-22,30,34H,3,12,23-29H2,1-2H3/t30-/m1/s1. The molecule has 1 saturated heterocycles. The van der Waals surface area contributed by atoms with Gasteiger partial charge in [0.2, 0.25) is 0 Å². The van der Waals surface area contributed by atoms with Gasteiger partial charge in [0.15, 0.2) is 0 Å². The Morgan fingerprint density at radius 2 is 1.35 bits per heavy atom. The van der Waals surface area contributed by atoms with E-state index in [1.54, 1.807) is 58.0 Å². The first-order valence-corrected chi connectivity index (χ1v) is 18.5. The molecular weight excluding hydrogens is 637 g/mol. The zero-order valence-corrected chi connectivity index (χ0v) is 29.0. The van der Waals surface area contributed by atoms with Crippen LogP contribution < -0.4 is 5.69 Å². The molecule has 1 aromatic heterocycles. The van der Waals surface area contributed by atoms with Crippen LogP contribution in [0.1, 0.15) is 55.8 Å². The number of likely N-dealkylation sites (tertiary alicyclic amines) is 1. The molecule has 0 radical (unpaired) electrons. The molecular formula is C39H44N4O5S. The van der Waals surface area contributed by atoms with Gasteiger partial charge in [-0.25, -0.2) is 18.0 Å². The van der Waals surface area contributed by atoms with E-state index >= 15 is 0 Å². The van der Waals surface area contributed by atoms with Crippen LogP contribution in [0.5, 0.6) is 0 Å². The molecule has 6 rings (SSSR count). The van der Waals surface area contributed by atoms with Gasteiger partial charge in [0.1, 0.15) is 6.61 Å². The zero-order valence-electron chi connectivity index (χ0n) is 28.1. The van der Waals surface area contributed by atoms with Crippen LogP contribution in [0, 0.1) is 0 Å². The van der Waals surface area contributed by atoms with Crippen LogP contribution in [-0.2, 0) is 34.3 Å². The number of imidazole rings is 1. The highest BCUT2D eigenvalue weighted by molar-refractivity contribution is 7.90. The number of hydrogen-bond acceptors (Lipinski definition) is 6. The lowest BCUT2D eigenvalue weighted by atomic mass is 10.0. The largest absolute Gasteiger partial charge is 0.448 e. The number of piperidine rings is 1. The zero-order chi connectivity index (χ0) is 34.4. The number of rotatable bonds is 12. The molecule has 9 nitrogen and oxygen atoms in total. The molecule has 256 valence electrons. The maximum atomic E-state index is 13.9. The molecule has 10 heteroatoms. The molecule has 0 aliphatic carbocycles. The van der Waals surface area contributed by atoms with E-state index < -0.39 is 15.7 Å². The number of ether oxygens (including phenoxy) is 1. The summed E-state index contributed by atoms with van der Waals surface area (Å²) in [7, 11) is -4.14. The average molecular weight is 681 g/mol. The molecule has 1 amide bonds. The van der Waals surface area contributed by atoms with Gasteiger partial charge in [-0.05, 0) is 67.1 Å². The molecule has 1 aliphatic rings. The predicted octanol–water partition coefficient (Wildman–Crippen LogP) is 6.86. The third-order valence-corrected chi connectivity index (χ3v) is 11.1. The Balaban J connectivity index is 1.13. The summed E-state index contributed by atoms with van der Waals surface area (Å²) in [4.78, 5) is 31.3. The highest BCUT2D eigenvalue weighted by atomic mass is 32.2. The Kier molecular flexibility index (Phi) is 10.7. The van der Waals surface area contributed by atoms with Gasteiger partial charge in [0.05, 0.1) is 15.9 Å². The second-order valence-electron chi connectivity index (χ2n) is 12.8. The maximum Gasteiger partial charge on any atom is 0.409 e. The van der Waals surface area contributed by atoms with E-state index in [2.05, 4.69) is 43.0 Å². The Hall–Kier alpha value is -4.67. The van der Waals surface area contributed by atoms with Gasteiger partial charge in [0.25, 0.3) is 10.0 Å². The predicted molar refractivity (Wildman–Crippen MR) is 192 cm³/mol. The SMILES string of the molecule is CCCc1ccc(S(=O)(=O)n2c(=O)n(C3CCN(C(=O)OC[C@@H](C)N(Cc4ccccc4)Cc4ccccc4)CC3)c3ccccc32)cc1. The van der Waals surface area contributed by atoms with Crippen molar-refractivity contribution in [2.45, 2.75) is 69.6 Å². The number of nitrogens with zero attached hydrogens (tertiary/aromatic N) is 4. The normalized spacial score (nSPS) is 14.7. The van der Waals surface area contributed by atoms with Crippen molar-refractivity contribution in [3.63, 3.8) is 0 Å². The quantitative estimate of drug-likeness (QED) is 0.143. The van der Waals surface area contributed by atoms with Gasteiger partial charge < -0.3 is 9.64 Å². The van der Waals surface area contributed by atoms with Crippen LogP contribution in [0.4, 0.5) is 4.79 Å². The first-order chi connectivity index (χ1) is 23.8. The summed E-state index contributed by atoms with van der Waals surface area (Å²) in [6.07, 6.45) is 2.42. The lowest BCUT2D eigenvalue weighted by Crippen LogP contribution is -2.43. The van der Waals surface area contributed by atoms with E-state index in [1.807, 2.05) is 36.4 Å². The van der Waals surface area contributed by atoms with Crippen LogP contribution in [0.2, 0.25) is 0 Å². The van der Waals surface area contributed by atoms with E-state index in [0.29, 0.717) is 37.0 Å². The number of benzene rings is 4. The summed E-state index contributed by atoms with van der Waals surface area (Å²) in [5, 5.41) is 0. The van der Waals surface area contributed by atoms with E-state index in [4.69, 9.17) is 4.74 Å². The van der Waals surface area contributed by atoms with E-state index in [0.717, 1.165) is 35.5 Å². The molecule has 0 bridgehead atoms. The minimum atomic E-state index is -4.14. The van der Waals surface area contributed by atoms with Crippen LogP contribution in [-0.4, -0.2) is 58.6 Å². The fraction of sp³-hybridized carbons (Fsp3) is 0.333. The Bertz CT molecular complexity index is 1980. The second-order valence-corrected chi connectivity index (χ2v) is 14.6. The number of hydrogen-bond donors (Lipinski definition) is 0. The Morgan fingerprint density at radius 3 is 1.92 bits per heavy atom. The van der Waals surface area contributed by atoms with Gasteiger partial charge in [-0.1, -0.05) is 98.3 Å². The molecule has 49 heavy (non-hydrogen) atoms. The summed E-state index contributed by atoms with van der Waals surface area (Å²) in [6.45, 7) is 6.62. The highest BCUT2D eigenvalue weighted by Gasteiger charge is 2.31. The van der Waals surface area contributed by atoms with E-state index in [9.17, 15) is 18.0 Å². The van der Waals surface area contributed by atoms with Crippen LogP contribution >= 0.6 is 0 Å². The molecule has 1 fully saturated rings. The first kappa shape index (κ1) is 34.2. The van der Waals surface area contributed by atoms with E-state index in [-0.39, 0.29) is 29.7 Å². The highest BCUT2D eigenvalue weighted by Crippen LogP contribution is 2.28. The molecule has 0 spiro atoms. The molecule has 5 aromatic rings. The van der Waals surface area contributed by atoms with Crippen LogP contribution in [0.25, 0.3) is 11.0 Å². The number of aromatic nitrogens is 2. The summed E-state index contributed by atoms with van der Waals surface area (Å²) in [5.41, 5.74) is 3.74. The van der Waals surface area contributed by atoms with Crippen LogP contribution in [0.15, 0.2) is 119 Å². The van der Waals surface area contributed by atoms with Gasteiger partial charge >= 0.3 is 11.8 Å². The van der Waals surface area contributed by atoms with Gasteiger partial charge in [-0.3, -0.25) is 9.47 Å². The fourth-order valence-corrected chi connectivity index (χ4v) is 8.05. The molecule has 1 atom stereocenters. The van der Waals surface area contributed by atoms with Crippen molar-refractivity contribution < 1.29 is 17.9 Å². The van der Waals surface area contributed by atoms with Crippen molar-refractivity contribution in [1.82, 2.24) is 18.3 Å².